The summed E-state index contributed by atoms with van der Waals surface area (Å²) < 4.78 is 17.0. The smallest absolute Gasteiger partial charge is 0.293 e. The van der Waals surface area contributed by atoms with Crippen LogP contribution >= 0.6 is 23.4 Å². The summed E-state index contributed by atoms with van der Waals surface area (Å²) in [5.41, 5.74) is 1.02. The van der Waals surface area contributed by atoms with Crippen molar-refractivity contribution in [3.63, 3.8) is 0 Å². The quantitative estimate of drug-likeness (QED) is 0.561. The van der Waals surface area contributed by atoms with Crippen LogP contribution < -0.4 is 0 Å². The van der Waals surface area contributed by atoms with Gasteiger partial charge in [0.1, 0.15) is 5.82 Å². The molecule has 0 aromatic heterocycles. The normalized spacial score (nSPS) is 16.8. The Morgan fingerprint density at radius 1 is 1.52 bits per heavy atom. The van der Waals surface area contributed by atoms with Gasteiger partial charge in [-0.25, -0.2) is 4.39 Å². The Bertz CT molecular complexity index is 466. The van der Waals surface area contributed by atoms with Crippen LogP contribution in [0.2, 0.25) is 5.02 Å². The molecule has 2 nitrogen and oxygen atoms in total. The second-order valence-corrected chi connectivity index (χ2v) is 6.13. The third kappa shape index (κ3) is 7.53. The molecule has 116 valence electrons. The van der Waals surface area contributed by atoms with Crippen LogP contribution in [-0.2, 0) is 15.3 Å². The summed E-state index contributed by atoms with van der Waals surface area (Å²) in [4.78, 5) is 9.18. The van der Waals surface area contributed by atoms with E-state index in [1.807, 2.05) is 11.8 Å². The fraction of sp³-hybridized carbons (Fsp3) is 0.438. The van der Waals surface area contributed by atoms with E-state index in [1.165, 1.54) is 31.4 Å². The van der Waals surface area contributed by atoms with Gasteiger partial charge in [-0.2, -0.15) is 0 Å². The summed E-state index contributed by atoms with van der Waals surface area (Å²) in [5, 5.41) is 1.13. The number of thioether (sulfide) groups is 1. The van der Waals surface area contributed by atoms with Crippen LogP contribution in [0.5, 0.6) is 0 Å². The molecule has 1 aliphatic rings. The van der Waals surface area contributed by atoms with Crippen molar-refractivity contribution in [2.24, 2.45) is 0 Å². The standard InChI is InChI=1S/C13H14ClFS.C3H6O2/c14-13-8-11(15)7-6-10(13)9-16-12-4-2-1-3-5-12;1-2-5-3-4/h2,4,6-8,12H,1,3,5,9H2;3H,2H2,1H3. The fourth-order valence-electron chi connectivity index (χ4n) is 1.82. The third-order valence-electron chi connectivity index (χ3n) is 2.91. The molecule has 0 fully saturated rings. The van der Waals surface area contributed by atoms with Gasteiger partial charge in [0.25, 0.3) is 6.47 Å². The van der Waals surface area contributed by atoms with E-state index < -0.39 is 0 Å². The maximum atomic E-state index is 12.8. The first-order valence-electron chi connectivity index (χ1n) is 6.94. The molecular formula is C16H20ClFO2S. The zero-order valence-corrected chi connectivity index (χ0v) is 13.6. The van der Waals surface area contributed by atoms with Crippen LogP contribution in [-0.4, -0.2) is 18.3 Å². The van der Waals surface area contributed by atoms with Crippen LogP contribution in [0.3, 0.4) is 0 Å². The summed E-state index contributed by atoms with van der Waals surface area (Å²) >= 11 is 7.85. The highest BCUT2D eigenvalue weighted by molar-refractivity contribution is 7.99. The molecule has 21 heavy (non-hydrogen) atoms. The van der Waals surface area contributed by atoms with Crippen molar-refractivity contribution in [3.05, 3.63) is 46.8 Å². The van der Waals surface area contributed by atoms with Crippen molar-refractivity contribution in [1.29, 1.82) is 0 Å². The van der Waals surface area contributed by atoms with Gasteiger partial charge in [-0.05, 0) is 43.9 Å². The molecular weight excluding hydrogens is 311 g/mol. The predicted octanol–water partition coefficient (Wildman–Crippen LogP) is 5.00. The number of hydrogen-bond donors (Lipinski definition) is 0. The van der Waals surface area contributed by atoms with E-state index in [-0.39, 0.29) is 5.82 Å². The van der Waals surface area contributed by atoms with Gasteiger partial charge in [0.15, 0.2) is 0 Å². The fourth-order valence-corrected chi connectivity index (χ4v) is 3.34. The number of benzene rings is 1. The molecule has 1 aliphatic carbocycles. The summed E-state index contributed by atoms with van der Waals surface area (Å²) in [6.07, 6.45) is 8.22. The molecule has 1 unspecified atom stereocenters. The van der Waals surface area contributed by atoms with Crippen LogP contribution in [0, 0.1) is 5.82 Å². The Hall–Kier alpha value is -1.00. The Morgan fingerprint density at radius 2 is 2.33 bits per heavy atom. The zero-order valence-electron chi connectivity index (χ0n) is 12.1. The molecule has 0 heterocycles. The third-order valence-corrected chi connectivity index (χ3v) is 4.56. The van der Waals surface area contributed by atoms with Crippen LogP contribution in [0.4, 0.5) is 4.39 Å². The molecule has 0 bridgehead atoms. The molecule has 2 rings (SSSR count). The first kappa shape index (κ1) is 18.1. The Labute approximate surface area is 134 Å². The van der Waals surface area contributed by atoms with Crippen molar-refractivity contribution in [2.75, 3.05) is 6.61 Å². The molecule has 1 aromatic carbocycles. The van der Waals surface area contributed by atoms with Gasteiger partial charge in [0, 0.05) is 16.0 Å². The number of halogens is 2. The lowest BCUT2D eigenvalue weighted by Crippen LogP contribution is -2.02. The summed E-state index contributed by atoms with van der Waals surface area (Å²) in [5.74, 6) is 0.588. The van der Waals surface area contributed by atoms with Crippen LogP contribution in [0.15, 0.2) is 30.4 Å². The zero-order chi connectivity index (χ0) is 15.5. The van der Waals surface area contributed by atoms with E-state index in [9.17, 15) is 9.18 Å². The lowest BCUT2D eigenvalue weighted by atomic mass is 10.1. The van der Waals surface area contributed by atoms with E-state index in [2.05, 4.69) is 16.9 Å². The molecule has 0 aliphatic heterocycles. The molecule has 0 radical (unpaired) electrons. The number of hydrogen-bond acceptors (Lipinski definition) is 3. The second-order valence-electron chi connectivity index (χ2n) is 4.50. The van der Waals surface area contributed by atoms with Crippen molar-refractivity contribution in [1.82, 2.24) is 0 Å². The first-order chi connectivity index (χ1) is 10.2. The van der Waals surface area contributed by atoms with Gasteiger partial charge < -0.3 is 4.74 Å². The molecule has 0 saturated heterocycles. The number of carbonyl (C=O) groups is 1. The molecule has 1 aromatic rings. The Balaban J connectivity index is 0.000000383. The summed E-state index contributed by atoms with van der Waals surface area (Å²) in [7, 11) is 0. The highest BCUT2D eigenvalue weighted by atomic mass is 35.5. The molecule has 0 spiro atoms. The van der Waals surface area contributed by atoms with Crippen LogP contribution in [0.25, 0.3) is 0 Å². The van der Waals surface area contributed by atoms with Gasteiger partial charge in [0.2, 0.25) is 0 Å². The first-order valence-corrected chi connectivity index (χ1v) is 8.37. The van der Waals surface area contributed by atoms with E-state index in [1.54, 1.807) is 13.0 Å². The number of allylic oxidation sites excluding steroid dienone is 1. The minimum atomic E-state index is -0.267. The van der Waals surface area contributed by atoms with E-state index in [0.29, 0.717) is 23.4 Å². The Kier molecular flexibility index (Phi) is 9.19. The number of rotatable bonds is 5. The lowest BCUT2D eigenvalue weighted by molar-refractivity contribution is -0.128. The molecule has 1 atom stereocenters. The molecule has 5 heteroatoms. The maximum absolute atomic E-state index is 12.8. The predicted molar refractivity (Wildman–Crippen MR) is 87.2 cm³/mol. The van der Waals surface area contributed by atoms with Gasteiger partial charge in [-0.15, -0.1) is 11.8 Å². The maximum Gasteiger partial charge on any atom is 0.293 e. The number of ether oxygens (including phenoxy) is 1. The average Bonchev–Trinajstić information content (AvgIpc) is 2.49. The largest absolute Gasteiger partial charge is 0.468 e. The highest BCUT2D eigenvalue weighted by Crippen LogP contribution is 2.29. The summed E-state index contributed by atoms with van der Waals surface area (Å²) in [6.45, 7) is 2.66. The van der Waals surface area contributed by atoms with Gasteiger partial charge in [-0.3, -0.25) is 4.79 Å². The van der Waals surface area contributed by atoms with Gasteiger partial charge >= 0.3 is 0 Å². The molecule has 0 amide bonds. The number of carbonyl (C=O) groups excluding carboxylic acids is 1. The van der Waals surface area contributed by atoms with Crippen molar-refractivity contribution in [3.8, 4) is 0 Å². The van der Waals surface area contributed by atoms with Crippen molar-refractivity contribution in [2.45, 2.75) is 37.2 Å². The van der Waals surface area contributed by atoms with Crippen molar-refractivity contribution >= 4 is 29.8 Å². The van der Waals surface area contributed by atoms with E-state index in [0.717, 1.165) is 11.3 Å². The van der Waals surface area contributed by atoms with E-state index in [4.69, 9.17) is 11.6 Å². The Morgan fingerprint density at radius 3 is 2.86 bits per heavy atom. The van der Waals surface area contributed by atoms with Crippen LogP contribution in [0.1, 0.15) is 31.7 Å². The van der Waals surface area contributed by atoms with Crippen molar-refractivity contribution < 1.29 is 13.9 Å². The lowest BCUT2D eigenvalue weighted by Gasteiger charge is -2.16. The topological polar surface area (TPSA) is 26.3 Å². The summed E-state index contributed by atoms with van der Waals surface area (Å²) in [6, 6.07) is 4.63. The molecule has 0 saturated carbocycles. The SMILES string of the molecule is CCOC=O.Fc1ccc(CSC2C=CCCC2)c(Cl)c1. The highest BCUT2D eigenvalue weighted by Gasteiger charge is 2.10. The minimum absolute atomic E-state index is 0.267. The average molecular weight is 331 g/mol. The van der Waals surface area contributed by atoms with Gasteiger partial charge in [-0.1, -0.05) is 29.8 Å². The minimum Gasteiger partial charge on any atom is -0.468 e. The molecule has 0 N–H and O–H groups in total. The second kappa shape index (κ2) is 10.7. The monoisotopic (exact) mass is 330 g/mol. The van der Waals surface area contributed by atoms with E-state index >= 15 is 0 Å². The van der Waals surface area contributed by atoms with Gasteiger partial charge in [0.05, 0.1) is 6.61 Å².